The molecule has 0 bridgehead atoms. The van der Waals surface area contributed by atoms with Crippen LogP contribution in [0, 0.1) is 0 Å². The van der Waals surface area contributed by atoms with Crippen LogP contribution in [0.1, 0.15) is 20.7 Å². The molecule has 6 nitrogen and oxygen atoms in total. The number of alkyl halides is 10. The summed E-state index contributed by atoms with van der Waals surface area (Å²) in [4.78, 5) is 23.1. The SMILES string of the molecule is COC(=O)c1ccc(C(=O)OC)c(OC(F)(F)C(F)(S)OC(F)(F)C(F)(F)C(F)(F)F)c1. The molecule has 0 aromatic heterocycles. The first-order valence-corrected chi connectivity index (χ1v) is 8.00. The molecule has 1 aromatic carbocycles. The highest BCUT2D eigenvalue weighted by atomic mass is 32.1. The topological polar surface area (TPSA) is 71.1 Å². The van der Waals surface area contributed by atoms with E-state index in [2.05, 4.69) is 31.6 Å². The van der Waals surface area contributed by atoms with E-state index in [-0.39, 0.29) is 0 Å². The first-order valence-electron chi connectivity index (χ1n) is 7.55. The highest BCUT2D eigenvalue weighted by Crippen LogP contribution is 2.52. The van der Waals surface area contributed by atoms with E-state index in [1.54, 1.807) is 0 Å². The molecule has 0 amide bonds. The quantitative estimate of drug-likeness (QED) is 0.240. The molecule has 0 fully saturated rings. The molecule has 0 aliphatic heterocycles. The lowest BCUT2D eigenvalue weighted by Crippen LogP contribution is -2.59. The van der Waals surface area contributed by atoms with E-state index in [0.717, 1.165) is 20.3 Å². The number of carbonyl (C=O) groups is 2. The molecule has 32 heavy (non-hydrogen) atoms. The Labute approximate surface area is 176 Å². The monoisotopic (exact) mass is 508 g/mol. The summed E-state index contributed by atoms with van der Waals surface area (Å²) in [6, 6.07) is 1.72. The predicted octanol–water partition coefficient (Wildman–Crippen LogP) is 4.59. The Kier molecular flexibility index (Phi) is 7.62. The van der Waals surface area contributed by atoms with E-state index >= 15 is 0 Å². The standard InChI is InChI=1S/C15H10F10O6S/c1-28-9(26)6-3-4-7(10(27)29-2)8(5-6)30-14(23,24)15(25,32)31-13(21,22)11(16,17)12(18,19)20/h3-5,32H,1-2H3. The summed E-state index contributed by atoms with van der Waals surface area (Å²) in [6.07, 6.45) is -19.8. The van der Waals surface area contributed by atoms with Crippen molar-refractivity contribution in [3.05, 3.63) is 29.3 Å². The number of methoxy groups -OCH3 is 2. The van der Waals surface area contributed by atoms with Crippen molar-refractivity contribution < 1.29 is 72.4 Å². The zero-order valence-corrected chi connectivity index (χ0v) is 16.3. The Hall–Kier alpha value is -2.43. The molecule has 0 N–H and O–H groups in total. The normalized spacial score (nSPS) is 15.0. The largest absolute Gasteiger partial charge is 0.470 e. The van der Waals surface area contributed by atoms with E-state index in [1.807, 2.05) is 0 Å². The molecule has 0 radical (unpaired) electrons. The van der Waals surface area contributed by atoms with Crippen molar-refractivity contribution in [3.63, 3.8) is 0 Å². The molecule has 0 heterocycles. The van der Waals surface area contributed by atoms with Gasteiger partial charge >= 0.3 is 41.4 Å². The van der Waals surface area contributed by atoms with Crippen LogP contribution in [0.3, 0.4) is 0 Å². The van der Waals surface area contributed by atoms with Gasteiger partial charge in [-0.1, -0.05) is 12.6 Å². The average Bonchev–Trinajstić information content (AvgIpc) is 2.64. The van der Waals surface area contributed by atoms with Crippen molar-refractivity contribution >= 4 is 24.6 Å². The van der Waals surface area contributed by atoms with Crippen molar-refractivity contribution in [1.82, 2.24) is 0 Å². The smallest absolute Gasteiger partial charge is 0.465 e. The van der Waals surface area contributed by atoms with Crippen LogP contribution in [0.5, 0.6) is 5.75 Å². The lowest BCUT2D eigenvalue weighted by molar-refractivity contribution is -0.467. The van der Waals surface area contributed by atoms with Crippen molar-refractivity contribution in [3.8, 4) is 5.75 Å². The molecule has 1 aromatic rings. The van der Waals surface area contributed by atoms with Gasteiger partial charge in [0.05, 0.1) is 19.8 Å². The number of hydrogen-bond acceptors (Lipinski definition) is 7. The van der Waals surface area contributed by atoms with E-state index < -0.39 is 58.3 Å². The summed E-state index contributed by atoms with van der Waals surface area (Å²) in [6.45, 7) is 0. The van der Waals surface area contributed by atoms with Crippen LogP contribution < -0.4 is 4.74 Å². The van der Waals surface area contributed by atoms with Crippen molar-refractivity contribution in [1.29, 1.82) is 0 Å². The maximum absolute atomic E-state index is 14.1. The number of esters is 2. The molecule has 1 unspecified atom stereocenters. The Morgan fingerprint density at radius 3 is 1.75 bits per heavy atom. The molecule has 17 heteroatoms. The second-order valence-corrected chi connectivity index (χ2v) is 6.14. The maximum Gasteiger partial charge on any atom is 0.470 e. The molecule has 0 saturated heterocycles. The summed E-state index contributed by atoms with van der Waals surface area (Å²) in [5.41, 5.74) is -1.60. The number of benzene rings is 1. The predicted molar refractivity (Wildman–Crippen MR) is 84.6 cm³/mol. The van der Waals surface area contributed by atoms with Crippen molar-refractivity contribution in [2.75, 3.05) is 14.2 Å². The first-order chi connectivity index (χ1) is 14.2. The molecular formula is C15H10F10O6S. The third kappa shape index (κ3) is 5.31. The summed E-state index contributed by atoms with van der Waals surface area (Å²) in [5.74, 6) is -11.3. The van der Waals surface area contributed by atoms with Crippen LogP contribution in [-0.2, 0) is 14.2 Å². The Morgan fingerprint density at radius 2 is 1.31 bits per heavy atom. The van der Waals surface area contributed by atoms with Gasteiger partial charge in [0.15, 0.2) is 0 Å². The Bertz CT molecular complexity index is 871. The zero-order chi connectivity index (χ0) is 25.3. The highest BCUT2D eigenvalue weighted by molar-refractivity contribution is 7.81. The minimum absolute atomic E-state index is 0.304. The number of carbonyl (C=O) groups excluding carboxylic acids is 2. The summed E-state index contributed by atoms with van der Waals surface area (Å²) in [7, 11) is 1.57. The zero-order valence-electron chi connectivity index (χ0n) is 15.4. The number of ether oxygens (including phenoxy) is 4. The van der Waals surface area contributed by atoms with E-state index in [9.17, 15) is 53.5 Å². The lowest BCUT2D eigenvalue weighted by Gasteiger charge is -2.34. The fraction of sp³-hybridized carbons (Fsp3) is 0.467. The second kappa shape index (κ2) is 8.84. The van der Waals surface area contributed by atoms with Crippen LogP contribution in [-0.4, -0.2) is 55.7 Å². The summed E-state index contributed by atoms with van der Waals surface area (Å²) >= 11 is 2.26. The molecule has 0 aliphatic carbocycles. The van der Waals surface area contributed by atoms with Gasteiger partial charge in [-0.2, -0.15) is 43.9 Å². The molecular weight excluding hydrogens is 498 g/mol. The van der Waals surface area contributed by atoms with Crippen molar-refractivity contribution in [2.45, 2.75) is 29.5 Å². The number of halogens is 10. The fourth-order valence-corrected chi connectivity index (χ4v) is 1.95. The van der Waals surface area contributed by atoms with Gasteiger partial charge in [-0.05, 0) is 18.2 Å². The number of thiol groups is 1. The highest BCUT2D eigenvalue weighted by Gasteiger charge is 2.78. The van der Waals surface area contributed by atoms with E-state index in [1.165, 1.54) is 0 Å². The van der Waals surface area contributed by atoms with E-state index in [4.69, 9.17) is 0 Å². The van der Waals surface area contributed by atoms with Gasteiger partial charge < -0.3 is 14.2 Å². The van der Waals surface area contributed by atoms with Gasteiger partial charge in [0.2, 0.25) is 0 Å². The van der Waals surface area contributed by atoms with Crippen molar-refractivity contribution in [2.24, 2.45) is 0 Å². The molecule has 1 atom stereocenters. The van der Waals surface area contributed by atoms with Crippen LogP contribution >= 0.6 is 12.6 Å². The summed E-state index contributed by atoms with van der Waals surface area (Å²) in [5, 5.41) is -5.64. The minimum atomic E-state index is -7.13. The Balaban J connectivity index is 3.41. The van der Waals surface area contributed by atoms with Gasteiger partial charge in [-0.15, -0.1) is 0 Å². The van der Waals surface area contributed by atoms with E-state index in [0.29, 0.717) is 12.1 Å². The van der Waals surface area contributed by atoms with Gasteiger partial charge in [0.25, 0.3) is 0 Å². The third-order valence-corrected chi connectivity index (χ3v) is 3.74. The second-order valence-electron chi connectivity index (χ2n) is 5.57. The van der Waals surface area contributed by atoms with Gasteiger partial charge in [-0.3, -0.25) is 4.74 Å². The molecule has 182 valence electrons. The van der Waals surface area contributed by atoms with Crippen LogP contribution in [0.25, 0.3) is 0 Å². The van der Waals surface area contributed by atoms with Gasteiger partial charge in [0.1, 0.15) is 11.3 Å². The fourth-order valence-electron chi connectivity index (χ4n) is 1.79. The first kappa shape index (κ1) is 27.6. The lowest BCUT2D eigenvalue weighted by atomic mass is 10.1. The minimum Gasteiger partial charge on any atom is -0.465 e. The molecule has 1 rings (SSSR count). The summed E-state index contributed by atoms with van der Waals surface area (Å²) < 4.78 is 145. The maximum atomic E-state index is 14.1. The van der Waals surface area contributed by atoms with Crippen LogP contribution in [0.15, 0.2) is 18.2 Å². The van der Waals surface area contributed by atoms with Gasteiger partial charge in [-0.25, -0.2) is 9.59 Å². The van der Waals surface area contributed by atoms with Gasteiger partial charge in [0, 0.05) is 0 Å². The molecule has 0 saturated carbocycles. The molecule has 0 spiro atoms. The average molecular weight is 508 g/mol. The third-order valence-electron chi connectivity index (χ3n) is 3.39. The number of hydrogen-bond donors (Lipinski definition) is 1. The van der Waals surface area contributed by atoms with Crippen LogP contribution in [0.4, 0.5) is 43.9 Å². The number of rotatable bonds is 8. The molecule has 0 aliphatic rings. The Morgan fingerprint density at radius 1 is 0.812 bits per heavy atom. The van der Waals surface area contributed by atoms with Crippen LogP contribution in [0.2, 0.25) is 0 Å².